The van der Waals surface area contributed by atoms with Gasteiger partial charge in [-0.2, -0.15) is 0 Å². The highest BCUT2D eigenvalue weighted by molar-refractivity contribution is 8.03. The van der Waals surface area contributed by atoms with Crippen LogP contribution >= 0.6 is 11.8 Å². The summed E-state index contributed by atoms with van der Waals surface area (Å²) in [5.41, 5.74) is 0.0387. The van der Waals surface area contributed by atoms with Crippen LogP contribution in [0.5, 0.6) is 0 Å². The normalized spacial score (nSPS) is 33.9. The smallest absolute Gasteiger partial charge is 0.353 e. The topological polar surface area (TPSA) is 197 Å². The van der Waals surface area contributed by atoms with Gasteiger partial charge in [0.15, 0.2) is 12.3 Å². The zero-order valence-electron chi connectivity index (χ0n) is 22.5. The minimum absolute atomic E-state index is 0.00757. The van der Waals surface area contributed by atoms with Crippen molar-refractivity contribution in [2.45, 2.75) is 62.4 Å². The largest absolute Gasteiger partial charge is 0.479 e. The highest BCUT2D eigenvalue weighted by atomic mass is 32.2. The van der Waals surface area contributed by atoms with E-state index in [4.69, 9.17) is 14.9 Å². The third kappa shape index (κ3) is 5.06. The second kappa shape index (κ2) is 11.4. The minimum atomic E-state index is -1.14. The number of carboxylic acid groups (broad SMARTS) is 2. The number of ether oxygens (including phenoxy) is 1. The molecule has 0 radical (unpaired) electrons. The van der Waals surface area contributed by atoms with Crippen molar-refractivity contribution >= 4 is 41.4 Å². The number of β-lactam (4-membered cyclic amide) rings is 2. The molecule has 0 aliphatic carbocycles. The molecule has 5 aliphatic rings. The average Bonchev–Trinajstić information content (AvgIpc) is 3.51. The Morgan fingerprint density at radius 2 is 1.93 bits per heavy atom. The molecule has 5 rings (SSSR count). The summed E-state index contributed by atoms with van der Waals surface area (Å²) >= 11 is 1.45. The molecule has 5 aliphatic heterocycles. The Labute approximate surface area is 234 Å². The van der Waals surface area contributed by atoms with Gasteiger partial charge in [-0.15, -0.1) is 11.8 Å². The van der Waals surface area contributed by atoms with Gasteiger partial charge in [-0.3, -0.25) is 19.3 Å². The first-order valence-corrected chi connectivity index (χ1v) is 13.8. The standard InChI is InChI=1S/C17H25N3O5S.C8H9NO5/c1-7-12-11(8(2)21)16(23)20(12)13(17(24)25)14(7)26-9-5-10(18-6-9)15(22)19(3)4;10-2-1-4-7(8(12)13)9-5(11)3-6(9)14-4/h7-12,18,21H,5-6H2,1-4H3,(H,24,25);1,6-7,10H,2-3H2,(H,12,13)/b;4-1-/t7-,8-,9+,10+,11-,12-;6-,7-/m11/s1. The number of carbonyl (C=O) groups excluding carboxylic acids is 3. The first kappa shape index (κ1) is 29.8. The summed E-state index contributed by atoms with van der Waals surface area (Å²) in [6.45, 7) is 3.78. The van der Waals surface area contributed by atoms with Crippen molar-refractivity contribution in [3.05, 3.63) is 22.4 Å². The number of aliphatic hydroxyl groups is 2. The molecular formula is C25H34N4O10S. The number of amides is 3. The van der Waals surface area contributed by atoms with Gasteiger partial charge in [0.05, 0.1) is 37.1 Å². The first-order valence-electron chi connectivity index (χ1n) is 12.9. The summed E-state index contributed by atoms with van der Waals surface area (Å²) in [6, 6.07) is -1.63. The predicted molar refractivity (Wildman–Crippen MR) is 139 cm³/mol. The summed E-state index contributed by atoms with van der Waals surface area (Å²) in [5.74, 6) is -3.36. The highest BCUT2D eigenvalue weighted by Crippen LogP contribution is 2.51. The average molecular weight is 583 g/mol. The van der Waals surface area contributed by atoms with Gasteiger partial charge in [0.25, 0.3) is 0 Å². The van der Waals surface area contributed by atoms with Crippen molar-refractivity contribution in [1.82, 2.24) is 20.0 Å². The number of nitrogens with zero attached hydrogens (tertiary/aromatic N) is 3. The second-order valence-corrected chi connectivity index (χ2v) is 11.9. The van der Waals surface area contributed by atoms with E-state index in [1.54, 1.807) is 25.9 Å². The predicted octanol–water partition coefficient (Wildman–Crippen LogP) is -1.40. The molecule has 5 N–H and O–H groups in total. The number of fused-ring (bicyclic) bond motifs is 2. The van der Waals surface area contributed by atoms with E-state index in [1.165, 1.54) is 27.6 Å². The van der Waals surface area contributed by atoms with Crippen molar-refractivity contribution < 1.29 is 49.1 Å². The number of likely N-dealkylation sites (N-methyl/N-ethyl adjacent to an activating group) is 1. The molecule has 0 aromatic carbocycles. The summed E-state index contributed by atoms with van der Waals surface area (Å²) in [7, 11) is 3.42. The zero-order chi connectivity index (χ0) is 29.6. The Bertz CT molecular complexity index is 1170. The first-order chi connectivity index (χ1) is 18.8. The van der Waals surface area contributed by atoms with Gasteiger partial charge in [-0.1, -0.05) is 6.92 Å². The molecule has 0 saturated carbocycles. The van der Waals surface area contributed by atoms with Gasteiger partial charge >= 0.3 is 11.9 Å². The van der Waals surface area contributed by atoms with Gasteiger partial charge < -0.3 is 40.3 Å². The molecule has 40 heavy (non-hydrogen) atoms. The van der Waals surface area contributed by atoms with E-state index in [0.29, 0.717) is 17.9 Å². The van der Waals surface area contributed by atoms with Crippen LogP contribution in [0.4, 0.5) is 0 Å². The Kier molecular flexibility index (Phi) is 8.49. The molecule has 0 spiro atoms. The van der Waals surface area contributed by atoms with Crippen LogP contribution in [0, 0.1) is 11.8 Å². The van der Waals surface area contributed by atoms with Crippen molar-refractivity contribution in [2.24, 2.45) is 11.8 Å². The number of carbonyl (C=O) groups is 5. The number of carboxylic acids is 2. The molecule has 0 bridgehead atoms. The second-order valence-electron chi connectivity index (χ2n) is 10.5. The SMILES string of the molecule is C[C@@H](O)[C@H]1C(=O)N2C(C(=O)O)=C(S[C@@H]3CN[C@H](C(=O)N(C)C)C3)[C@H](C)[C@H]12.O=C(O)[C@H]1/C(=C/CO)O[C@@H]2CC(=O)N21. The molecular weight excluding hydrogens is 548 g/mol. The highest BCUT2D eigenvalue weighted by Gasteiger charge is 2.60. The van der Waals surface area contributed by atoms with Gasteiger partial charge in [-0.05, 0) is 19.4 Å². The Morgan fingerprint density at radius 3 is 2.45 bits per heavy atom. The van der Waals surface area contributed by atoms with Crippen molar-refractivity contribution in [3.8, 4) is 0 Å². The number of thioether (sulfide) groups is 1. The molecule has 14 nitrogen and oxygen atoms in total. The van der Waals surface area contributed by atoms with Crippen LogP contribution < -0.4 is 5.32 Å². The molecule has 8 atom stereocenters. The van der Waals surface area contributed by atoms with Crippen LogP contribution in [0.15, 0.2) is 22.4 Å². The molecule has 0 unspecified atom stereocenters. The molecule has 0 aromatic heterocycles. The summed E-state index contributed by atoms with van der Waals surface area (Å²) in [4.78, 5) is 62.9. The molecule has 220 valence electrons. The van der Waals surface area contributed by atoms with Crippen LogP contribution in [0.2, 0.25) is 0 Å². The van der Waals surface area contributed by atoms with E-state index in [9.17, 15) is 34.2 Å². The molecule has 3 amide bonds. The van der Waals surface area contributed by atoms with Crippen LogP contribution in [-0.4, -0.2) is 128 Å². The fraction of sp³-hybridized carbons (Fsp3) is 0.640. The maximum absolute atomic E-state index is 12.3. The Balaban J connectivity index is 0.000000222. The lowest BCUT2D eigenvalue weighted by Gasteiger charge is -2.46. The molecule has 15 heteroatoms. The fourth-order valence-corrected chi connectivity index (χ4v) is 7.29. The van der Waals surface area contributed by atoms with E-state index in [2.05, 4.69) is 5.32 Å². The summed E-state index contributed by atoms with van der Waals surface area (Å²) < 4.78 is 5.17. The lowest BCUT2D eigenvalue weighted by atomic mass is 9.79. The van der Waals surface area contributed by atoms with E-state index < -0.39 is 36.2 Å². The van der Waals surface area contributed by atoms with Crippen molar-refractivity contribution in [1.29, 1.82) is 0 Å². The van der Waals surface area contributed by atoms with Gasteiger partial charge in [0.2, 0.25) is 17.7 Å². The van der Waals surface area contributed by atoms with E-state index in [-0.39, 0.29) is 65.5 Å². The third-order valence-corrected chi connectivity index (χ3v) is 9.24. The molecule has 5 heterocycles. The van der Waals surface area contributed by atoms with E-state index in [1.807, 2.05) is 6.92 Å². The minimum Gasteiger partial charge on any atom is -0.479 e. The Morgan fingerprint density at radius 1 is 1.25 bits per heavy atom. The number of nitrogens with one attached hydrogen (secondary N) is 1. The van der Waals surface area contributed by atoms with Crippen LogP contribution in [0.1, 0.15) is 26.7 Å². The van der Waals surface area contributed by atoms with E-state index in [0.717, 1.165) is 0 Å². The van der Waals surface area contributed by atoms with Gasteiger partial charge in [0, 0.05) is 36.7 Å². The number of aliphatic hydroxyl groups excluding tert-OH is 2. The van der Waals surface area contributed by atoms with Crippen LogP contribution in [0.3, 0.4) is 0 Å². The van der Waals surface area contributed by atoms with Crippen LogP contribution in [0.25, 0.3) is 0 Å². The molecule has 0 aromatic rings. The monoisotopic (exact) mass is 582 g/mol. The van der Waals surface area contributed by atoms with Crippen molar-refractivity contribution in [3.63, 3.8) is 0 Å². The number of hydrogen-bond acceptors (Lipinski definition) is 10. The third-order valence-electron chi connectivity index (χ3n) is 7.73. The quantitative estimate of drug-likeness (QED) is 0.220. The van der Waals surface area contributed by atoms with E-state index >= 15 is 0 Å². The molecule has 4 fully saturated rings. The van der Waals surface area contributed by atoms with Crippen molar-refractivity contribution in [2.75, 3.05) is 27.2 Å². The number of hydrogen-bond donors (Lipinski definition) is 5. The maximum Gasteiger partial charge on any atom is 0.353 e. The molecule has 4 saturated heterocycles. The fourth-order valence-electron chi connectivity index (χ4n) is 5.81. The summed E-state index contributed by atoms with van der Waals surface area (Å²) in [6.07, 6.45) is 0.836. The van der Waals surface area contributed by atoms with Gasteiger partial charge in [0.1, 0.15) is 11.5 Å². The van der Waals surface area contributed by atoms with Crippen LogP contribution in [-0.2, 0) is 28.7 Å². The zero-order valence-corrected chi connectivity index (χ0v) is 23.3. The maximum atomic E-state index is 12.3. The lowest BCUT2D eigenvalue weighted by molar-refractivity contribution is -0.163. The van der Waals surface area contributed by atoms with Gasteiger partial charge in [-0.25, -0.2) is 9.59 Å². The number of rotatable bonds is 7. The Hall–Kier alpha value is -3.14. The summed E-state index contributed by atoms with van der Waals surface area (Å²) in [5, 5.41) is 40.3. The lowest BCUT2D eigenvalue weighted by Crippen LogP contribution is -2.63. The number of aliphatic carboxylic acids is 2.